The van der Waals surface area contributed by atoms with Gasteiger partial charge in [-0.15, -0.1) is 0 Å². The molecule has 0 unspecified atom stereocenters. The number of morpholine rings is 1. The molecular weight excluding hydrogens is 358 g/mol. The van der Waals surface area contributed by atoms with E-state index >= 15 is 0 Å². The molecule has 1 aliphatic heterocycles. The Labute approximate surface area is 165 Å². The molecule has 1 saturated carbocycles. The summed E-state index contributed by atoms with van der Waals surface area (Å²) in [6.45, 7) is 4.38. The molecule has 4 rings (SSSR count). The molecule has 1 aromatic carbocycles. The van der Waals surface area contributed by atoms with Gasteiger partial charge in [0, 0.05) is 38.2 Å². The molecule has 0 bridgehead atoms. The first kappa shape index (κ1) is 19.0. The maximum Gasteiger partial charge on any atom is 0.233 e. The van der Waals surface area contributed by atoms with Crippen LogP contribution in [-0.4, -0.2) is 62.5 Å². The van der Waals surface area contributed by atoms with Crippen molar-refractivity contribution in [1.29, 1.82) is 0 Å². The van der Waals surface area contributed by atoms with Crippen LogP contribution in [0.25, 0.3) is 11.3 Å². The highest BCUT2D eigenvalue weighted by Crippen LogP contribution is 2.35. The molecule has 0 atom stereocenters. The van der Waals surface area contributed by atoms with E-state index in [9.17, 15) is 4.79 Å². The summed E-state index contributed by atoms with van der Waals surface area (Å²) < 4.78 is 16.5. The quantitative estimate of drug-likeness (QED) is 0.696. The maximum atomic E-state index is 12.9. The van der Waals surface area contributed by atoms with Crippen LogP contribution in [-0.2, 0) is 20.8 Å². The van der Waals surface area contributed by atoms with Crippen molar-refractivity contribution in [1.82, 2.24) is 10.1 Å². The number of anilines is 1. The maximum absolute atomic E-state index is 12.9. The monoisotopic (exact) mass is 385 g/mol. The van der Waals surface area contributed by atoms with Crippen LogP contribution >= 0.6 is 0 Å². The van der Waals surface area contributed by atoms with Gasteiger partial charge in [-0.05, 0) is 12.8 Å². The number of ether oxygens (including phenoxy) is 2. The topological polar surface area (TPSA) is 68.0 Å². The standard InChI is InChI=1S/C21H27N3O4/c1-26-12-9-24(20(25)17-7-8-17)15-18-19(16-5-3-2-4-6-16)22-28-21(18)23-10-13-27-14-11-23/h2-6,17H,7-15H2,1H3. The molecule has 1 saturated heterocycles. The molecule has 2 aromatic rings. The van der Waals surface area contributed by atoms with Gasteiger partial charge in [0.2, 0.25) is 11.8 Å². The van der Waals surface area contributed by atoms with Gasteiger partial charge in [0.1, 0.15) is 5.69 Å². The van der Waals surface area contributed by atoms with Gasteiger partial charge in [0.05, 0.1) is 31.9 Å². The van der Waals surface area contributed by atoms with E-state index in [1.54, 1.807) is 7.11 Å². The average molecular weight is 385 g/mol. The lowest BCUT2D eigenvalue weighted by molar-refractivity contribution is -0.133. The largest absolute Gasteiger partial charge is 0.383 e. The molecule has 0 radical (unpaired) electrons. The molecule has 7 heteroatoms. The van der Waals surface area contributed by atoms with Crippen LogP contribution in [0.5, 0.6) is 0 Å². The highest BCUT2D eigenvalue weighted by atomic mass is 16.5. The van der Waals surface area contributed by atoms with Crippen molar-refractivity contribution in [3.05, 3.63) is 35.9 Å². The highest BCUT2D eigenvalue weighted by molar-refractivity contribution is 5.81. The number of nitrogens with zero attached hydrogens (tertiary/aromatic N) is 3. The first-order valence-electron chi connectivity index (χ1n) is 9.92. The second-order valence-corrected chi connectivity index (χ2v) is 7.31. The van der Waals surface area contributed by atoms with E-state index in [0.717, 1.165) is 48.6 Å². The van der Waals surface area contributed by atoms with Gasteiger partial charge in [0.15, 0.2) is 0 Å². The molecule has 0 spiro atoms. The Morgan fingerprint density at radius 3 is 2.68 bits per heavy atom. The minimum Gasteiger partial charge on any atom is -0.383 e. The zero-order valence-corrected chi connectivity index (χ0v) is 16.3. The van der Waals surface area contributed by atoms with Crippen molar-refractivity contribution in [2.75, 3.05) is 51.5 Å². The number of methoxy groups -OCH3 is 1. The lowest BCUT2D eigenvalue weighted by Crippen LogP contribution is -2.38. The third-order valence-corrected chi connectivity index (χ3v) is 5.27. The first-order valence-corrected chi connectivity index (χ1v) is 9.92. The van der Waals surface area contributed by atoms with Gasteiger partial charge in [-0.3, -0.25) is 4.79 Å². The number of aromatic nitrogens is 1. The Hall–Kier alpha value is -2.38. The van der Waals surface area contributed by atoms with Crippen molar-refractivity contribution >= 4 is 11.8 Å². The third-order valence-electron chi connectivity index (χ3n) is 5.27. The van der Waals surface area contributed by atoms with Crippen LogP contribution in [0.2, 0.25) is 0 Å². The van der Waals surface area contributed by atoms with Crippen molar-refractivity contribution < 1.29 is 18.8 Å². The number of carbonyl (C=O) groups excluding carboxylic acids is 1. The van der Waals surface area contributed by atoms with Crippen LogP contribution in [0.3, 0.4) is 0 Å². The second-order valence-electron chi connectivity index (χ2n) is 7.31. The summed E-state index contributed by atoms with van der Waals surface area (Å²) in [6.07, 6.45) is 1.96. The van der Waals surface area contributed by atoms with Gasteiger partial charge >= 0.3 is 0 Å². The van der Waals surface area contributed by atoms with Crippen molar-refractivity contribution in [2.24, 2.45) is 5.92 Å². The van der Waals surface area contributed by atoms with Gasteiger partial charge in [-0.25, -0.2) is 0 Å². The van der Waals surface area contributed by atoms with E-state index in [1.807, 2.05) is 35.2 Å². The number of carbonyl (C=O) groups is 1. The fourth-order valence-corrected chi connectivity index (χ4v) is 3.53. The van der Waals surface area contributed by atoms with E-state index < -0.39 is 0 Å². The summed E-state index contributed by atoms with van der Waals surface area (Å²) in [6, 6.07) is 9.99. The van der Waals surface area contributed by atoms with E-state index in [2.05, 4.69) is 10.1 Å². The number of hydrogen-bond acceptors (Lipinski definition) is 6. The predicted molar refractivity (Wildman–Crippen MR) is 105 cm³/mol. The van der Waals surface area contributed by atoms with Gasteiger partial charge in [-0.2, -0.15) is 0 Å². The Bertz CT molecular complexity index is 782. The summed E-state index contributed by atoms with van der Waals surface area (Å²) in [5, 5.41) is 4.39. The summed E-state index contributed by atoms with van der Waals surface area (Å²) in [5.41, 5.74) is 2.75. The van der Waals surface area contributed by atoms with Crippen molar-refractivity contribution in [3.63, 3.8) is 0 Å². The normalized spacial score (nSPS) is 17.0. The molecule has 1 amide bonds. The van der Waals surface area contributed by atoms with E-state index in [1.165, 1.54) is 0 Å². The van der Waals surface area contributed by atoms with Crippen LogP contribution in [0.15, 0.2) is 34.9 Å². The van der Waals surface area contributed by atoms with Crippen LogP contribution in [0, 0.1) is 5.92 Å². The fraction of sp³-hybridized carbons (Fsp3) is 0.524. The summed E-state index contributed by atoms with van der Waals surface area (Å²) in [7, 11) is 1.66. The fourth-order valence-electron chi connectivity index (χ4n) is 3.53. The molecule has 150 valence electrons. The Morgan fingerprint density at radius 2 is 2.00 bits per heavy atom. The molecule has 2 aliphatic rings. The second kappa shape index (κ2) is 8.75. The third kappa shape index (κ3) is 4.20. The molecule has 7 nitrogen and oxygen atoms in total. The minimum absolute atomic E-state index is 0.156. The number of rotatable bonds is 8. The molecule has 1 aliphatic carbocycles. The smallest absolute Gasteiger partial charge is 0.233 e. The summed E-state index contributed by atoms with van der Waals surface area (Å²) >= 11 is 0. The summed E-state index contributed by atoms with van der Waals surface area (Å²) in [4.78, 5) is 16.9. The number of hydrogen-bond donors (Lipinski definition) is 0. The van der Waals surface area contributed by atoms with Crippen LogP contribution < -0.4 is 4.90 Å². The average Bonchev–Trinajstić information content (AvgIpc) is 3.52. The van der Waals surface area contributed by atoms with Crippen LogP contribution in [0.1, 0.15) is 18.4 Å². The lowest BCUT2D eigenvalue weighted by Gasteiger charge is -2.28. The molecule has 28 heavy (non-hydrogen) atoms. The predicted octanol–water partition coefficient (Wildman–Crippen LogP) is 2.56. The van der Waals surface area contributed by atoms with Crippen molar-refractivity contribution in [2.45, 2.75) is 19.4 Å². The van der Waals surface area contributed by atoms with Gasteiger partial charge in [-0.1, -0.05) is 35.5 Å². The Balaban J connectivity index is 1.67. The molecule has 2 heterocycles. The Morgan fingerprint density at radius 1 is 1.25 bits per heavy atom. The van der Waals surface area contributed by atoms with Gasteiger partial charge in [0.25, 0.3) is 0 Å². The van der Waals surface area contributed by atoms with E-state index in [-0.39, 0.29) is 11.8 Å². The first-order chi connectivity index (χ1) is 13.8. The van der Waals surface area contributed by atoms with Crippen molar-refractivity contribution in [3.8, 4) is 11.3 Å². The molecule has 2 fully saturated rings. The summed E-state index contributed by atoms with van der Waals surface area (Å²) in [5.74, 6) is 1.10. The highest BCUT2D eigenvalue weighted by Gasteiger charge is 2.35. The SMILES string of the molecule is COCCN(Cc1c(-c2ccccc2)noc1N1CCOCC1)C(=O)C1CC1. The number of amides is 1. The van der Waals surface area contributed by atoms with Crippen LogP contribution in [0.4, 0.5) is 5.88 Å². The Kier molecular flexibility index (Phi) is 5.92. The zero-order chi connectivity index (χ0) is 19.3. The molecular formula is C21H27N3O4. The molecule has 1 aromatic heterocycles. The lowest BCUT2D eigenvalue weighted by atomic mass is 10.1. The van der Waals surface area contributed by atoms with Gasteiger partial charge < -0.3 is 23.8 Å². The number of benzene rings is 1. The molecule has 0 N–H and O–H groups in total. The minimum atomic E-state index is 0.156. The zero-order valence-electron chi connectivity index (χ0n) is 16.3. The van der Waals surface area contributed by atoms with E-state index in [0.29, 0.717) is 32.9 Å². The van der Waals surface area contributed by atoms with E-state index in [4.69, 9.17) is 14.0 Å².